The van der Waals surface area contributed by atoms with Crippen LogP contribution in [0.25, 0.3) is 0 Å². The molecule has 0 spiro atoms. The molecule has 1 heterocycles. The zero-order valence-corrected chi connectivity index (χ0v) is 13.3. The number of nitrogens with zero attached hydrogens (tertiary/aromatic N) is 2. The third kappa shape index (κ3) is 3.89. The number of amides is 1. The molecule has 0 aliphatic carbocycles. The van der Waals surface area contributed by atoms with Crippen LogP contribution in [-0.2, 0) is 11.3 Å². The van der Waals surface area contributed by atoms with Crippen LogP contribution >= 0.6 is 0 Å². The zero-order valence-electron chi connectivity index (χ0n) is 13.3. The largest absolute Gasteiger partial charge is 0.494 e. The maximum absolute atomic E-state index is 13.8. The normalized spacial score (nSPS) is 11.8. The number of aryl methyl sites for hydroxylation is 1. The van der Waals surface area contributed by atoms with E-state index in [0.717, 1.165) is 12.5 Å². The van der Waals surface area contributed by atoms with Crippen LogP contribution in [0.4, 0.5) is 4.39 Å². The summed E-state index contributed by atoms with van der Waals surface area (Å²) < 4.78 is 20.2. The number of nitrogens with one attached hydrogen (secondary N) is 1. The zero-order chi connectivity index (χ0) is 17.7. The number of aromatic nitrogens is 2. The molecule has 0 saturated heterocycles. The average Bonchev–Trinajstić information content (AvgIpc) is 3.01. The van der Waals surface area contributed by atoms with Crippen LogP contribution in [0.15, 0.2) is 30.6 Å². The number of hydrogen-bond acceptors (Lipinski definition) is 4. The number of halogens is 1. The highest BCUT2D eigenvalue weighted by atomic mass is 19.1. The Morgan fingerprint density at radius 1 is 1.46 bits per heavy atom. The Hall–Kier alpha value is -2.90. The highest BCUT2D eigenvalue weighted by Crippen LogP contribution is 2.22. The topological polar surface area (TPSA) is 93.5 Å². The fourth-order valence-electron chi connectivity index (χ4n) is 2.20. The van der Waals surface area contributed by atoms with Gasteiger partial charge in [0.15, 0.2) is 17.6 Å². The van der Waals surface area contributed by atoms with E-state index in [9.17, 15) is 19.1 Å². The van der Waals surface area contributed by atoms with Gasteiger partial charge in [0, 0.05) is 12.7 Å². The van der Waals surface area contributed by atoms with E-state index in [0.29, 0.717) is 6.54 Å². The van der Waals surface area contributed by atoms with Crippen molar-refractivity contribution in [2.75, 3.05) is 7.11 Å². The summed E-state index contributed by atoms with van der Waals surface area (Å²) in [5.41, 5.74) is 0.346. The Balaban J connectivity index is 2.20. The minimum absolute atomic E-state index is 0.00458. The first-order chi connectivity index (χ1) is 11.5. The van der Waals surface area contributed by atoms with Crippen molar-refractivity contribution in [2.45, 2.75) is 25.9 Å². The maximum atomic E-state index is 13.8. The van der Waals surface area contributed by atoms with Gasteiger partial charge < -0.3 is 15.2 Å². The molecule has 1 atom stereocenters. The molecule has 0 bridgehead atoms. The molecule has 1 aromatic carbocycles. The second-order valence-electron chi connectivity index (χ2n) is 5.13. The highest BCUT2D eigenvalue weighted by Gasteiger charge is 2.24. The first-order valence-electron chi connectivity index (χ1n) is 7.35. The molecule has 0 saturated carbocycles. The van der Waals surface area contributed by atoms with E-state index < -0.39 is 23.7 Å². The Kier molecular flexibility index (Phi) is 5.51. The maximum Gasteiger partial charge on any atom is 0.330 e. The van der Waals surface area contributed by atoms with Crippen LogP contribution in [0.1, 0.15) is 35.3 Å². The van der Waals surface area contributed by atoms with Gasteiger partial charge in [-0.3, -0.25) is 9.48 Å². The van der Waals surface area contributed by atoms with Gasteiger partial charge in [-0.25, -0.2) is 9.18 Å². The molecule has 2 rings (SSSR count). The molecule has 0 aliphatic heterocycles. The summed E-state index contributed by atoms with van der Waals surface area (Å²) in [6.07, 6.45) is 3.75. The Morgan fingerprint density at radius 3 is 2.79 bits per heavy atom. The Labute approximate surface area is 138 Å². The molecule has 8 heteroatoms. The molecule has 2 aromatic rings. The number of carbonyl (C=O) groups is 2. The van der Waals surface area contributed by atoms with Crippen LogP contribution in [0.5, 0.6) is 5.75 Å². The Morgan fingerprint density at radius 2 is 2.21 bits per heavy atom. The van der Waals surface area contributed by atoms with Crippen molar-refractivity contribution in [1.82, 2.24) is 15.1 Å². The van der Waals surface area contributed by atoms with Gasteiger partial charge >= 0.3 is 5.97 Å². The van der Waals surface area contributed by atoms with Crippen molar-refractivity contribution in [1.29, 1.82) is 0 Å². The first-order valence-corrected chi connectivity index (χ1v) is 7.35. The number of carboxylic acid groups (broad SMARTS) is 1. The van der Waals surface area contributed by atoms with Crippen molar-refractivity contribution >= 4 is 11.9 Å². The van der Waals surface area contributed by atoms with E-state index in [1.165, 1.54) is 31.6 Å². The first kappa shape index (κ1) is 17.5. The summed E-state index contributed by atoms with van der Waals surface area (Å²) in [4.78, 5) is 23.7. The third-order valence-electron chi connectivity index (χ3n) is 3.38. The summed E-state index contributed by atoms with van der Waals surface area (Å²) in [6.45, 7) is 2.62. The fraction of sp³-hybridized carbons (Fsp3) is 0.312. The molecule has 0 radical (unpaired) electrons. The molecule has 7 nitrogen and oxygen atoms in total. The smallest absolute Gasteiger partial charge is 0.330 e. The monoisotopic (exact) mass is 335 g/mol. The van der Waals surface area contributed by atoms with Gasteiger partial charge in [0.05, 0.1) is 18.9 Å². The predicted molar refractivity (Wildman–Crippen MR) is 83.3 cm³/mol. The average molecular weight is 335 g/mol. The molecular formula is C16H18FN3O4. The van der Waals surface area contributed by atoms with Crippen LogP contribution in [0.2, 0.25) is 0 Å². The molecule has 0 aliphatic rings. The molecule has 2 N–H and O–H groups in total. The standard InChI is InChI=1S/C16H18FN3O4/c1-3-6-20-9-11(8-18-20)15(21)19-14(16(22)23)10-4-5-13(24-2)12(17)7-10/h4-5,7-9,14H,3,6H2,1-2H3,(H,19,21)(H,22,23). The lowest BCUT2D eigenvalue weighted by atomic mass is 10.1. The molecule has 1 unspecified atom stereocenters. The molecule has 0 fully saturated rings. The van der Waals surface area contributed by atoms with Crippen LogP contribution in [0, 0.1) is 5.82 Å². The van der Waals surface area contributed by atoms with Crippen molar-refractivity contribution in [2.24, 2.45) is 0 Å². The number of aliphatic carboxylic acids is 1. The predicted octanol–water partition coefficient (Wildman–Crippen LogP) is 2.00. The van der Waals surface area contributed by atoms with Crippen molar-refractivity contribution in [3.05, 3.63) is 47.5 Å². The van der Waals surface area contributed by atoms with Gasteiger partial charge in [0.2, 0.25) is 0 Å². The van der Waals surface area contributed by atoms with E-state index >= 15 is 0 Å². The SMILES string of the molecule is CCCn1cc(C(=O)NC(C(=O)O)c2ccc(OC)c(F)c2)cn1. The number of ether oxygens (including phenoxy) is 1. The number of methoxy groups -OCH3 is 1. The highest BCUT2D eigenvalue weighted by molar-refractivity contribution is 5.96. The molecule has 1 aromatic heterocycles. The van der Waals surface area contributed by atoms with E-state index in [1.54, 1.807) is 4.68 Å². The molecule has 1 amide bonds. The quantitative estimate of drug-likeness (QED) is 0.807. The van der Waals surface area contributed by atoms with Gasteiger partial charge in [0.25, 0.3) is 5.91 Å². The lowest BCUT2D eigenvalue weighted by Crippen LogP contribution is -2.33. The summed E-state index contributed by atoms with van der Waals surface area (Å²) in [7, 11) is 1.31. The number of benzene rings is 1. The second-order valence-corrected chi connectivity index (χ2v) is 5.13. The van der Waals surface area contributed by atoms with Gasteiger partial charge in [-0.05, 0) is 24.1 Å². The van der Waals surface area contributed by atoms with Crippen molar-refractivity contribution in [3.63, 3.8) is 0 Å². The third-order valence-corrected chi connectivity index (χ3v) is 3.38. The number of hydrogen-bond donors (Lipinski definition) is 2. The Bertz CT molecular complexity index is 745. The van der Waals surface area contributed by atoms with Crippen LogP contribution in [0.3, 0.4) is 0 Å². The van der Waals surface area contributed by atoms with E-state index in [1.807, 2.05) is 6.92 Å². The van der Waals surface area contributed by atoms with Crippen molar-refractivity contribution < 1.29 is 23.8 Å². The lowest BCUT2D eigenvalue weighted by Gasteiger charge is -2.15. The minimum Gasteiger partial charge on any atom is -0.494 e. The van der Waals surface area contributed by atoms with Crippen LogP contribution in [-0.4, -0.2) is 33.9 Å². The number of carboxylic acids is 1. The fourth-order valence-corrected chi connectivity index (χ4v) is 2.20. The van der Waals surface area contributed by atoms with Crippen molar-refractivity contribution in [3.8, 4) is 5.75 Å². The van der Waals surface area contributed by atoms with Crippen LogP contribution < -0.4 is 10.1 Å². The second kappa shape index (κ2) is 7.58. The lowest BCUT2D eigenvalue weighted by molar-refractivity contribution is -0.139. The van der Waals surface area contributed by atoms with Gasteiger partial charge in [-0.2, -0.15) is 5.10 Å². The summed E-state index contributed by atoms with van der Waals surface area (Å²) in [5.74, 6) is -2.60. The van der Waals surface area contributed by atoms with Gasteiger partial charge in [0.1, 0.15) is 0 Å². The molecular weight excluding hydrogens is 317 g/mol. The van der Waals surface area contributed by atoms with Gasteiger partial charge in [-0.1, -0.05) is 13.0 Å². The molecule has 128 valence electrons. The van der Waals surface area contributed by atoms with E-state index in [2.05, 4.69) is 10.4 Å². The summed E-state index contributed by atoms with van der Waals surface area (Å²) in [5, 5.41) is 15.7. The van der Waals surface area contributed by atoms with E-state index in [-0.39, 0.29) is 16.9 Å². The minimum atomic E-state index is -1.38. The summed E-state index contributed by atoms with van der Waals surface area (Å²) >= 11 is 0. The summed E-state index contributed by atoms with van der Waals surface area (Å²) in [6, 6.07) is 2.35. The van der Waals surface area contributed by atoms with Gasteiger partial charge in [-0.15, -0.1) is 0 Å². The number of rotatable bonds is 7. The van der Waals surface area contributed by atoms with E-state index in [4.69, 9.17) is 4.74 Å². The molecule has 24 heavy (non-hydrogen) atoms. The number of carbonyl (C=O) groups excluding carboxylic acids is 1.